The zero-order valence-corrected chi connectivity index (χ0v) is 10.2. The molecule has 2 nitrogen and oxygen atoms in total. The number of hydrogen-bond donors (Lipinski definition) is 2. The van der Waals surface area contributed by atoms with Crippen LogP contribution in [0, 0.1) is 5.41 Å². The molecular weight excluding hydrogens is 182 g/mol. The van der Waals surface area contributed by atoms with Gasteiger partial charge in [-0.1, -0.05) is 27.7 Å². The second kappa shape index (κ2) is 5.23. The molecule has 80 valence electrons. The van der Waals surface area contributed by atoms with E-state index in [-0.39, 0.29) is 22.8 Å². The van der Waals surface area contributed by atoms with Crippen LogP contribution in [0.4, 0.5) is 0 Å². The van der Waals surface area contributed by atoms with Crippen LogP contribution in [0.2, 0.25) is 0 Å². The SMILES string of the molecule is CC(O)C(C)SCC(N)C(C)(C)C. The third kappa shape index (κ3) is 5.55. The number of aliphatic hydroxyl groups is 1. The smallest absolute Gasteiger partial charge is 0.0628 e. The van der Waals surface area contributed by atoms with Gasteiger partial charge in [-0.2, -0.15) is 11.8 Å². The summed E-state index contributed by atoms with van der Waals surface area (Å²) in [7, 11) is 0. The van der Waals surface area contributed by atoms with Crippen molar-refractivity contribution in [1.29, 1.82) is 0 Å². The molecule has 3 heteroatoms. The summed E-state index contributed by atoms with van der Waals surface area (Å²) >= 11 is 1.74. The lowest BCUT2D eigenvalue weighted by Crippen LogP contribution is -2.38. The average Bonchev–Trinajstić information content (AvgIpc) is 1.97. The summed E-state index contributed by atoms with van der Waals surface area (Å²) in [6, 6.07) is 0.193. The summed E-state index contributed by atoms with van der Waals surface area (Å²) in [5.41, 5.74) is 6.15. The first kappa shape index (κ1) is 13.3. The van der Waals surface area contributed by atoms with E-state index < -0.39 is 0 Å². The van der Waals surface area contributed by atoms with Gasteiger partial charge < -0.3 is 10.8 Å². The van der Waals surface area contributed by atoms with Crippen molar-refractivity contribution >= 4 is 11.8 Å². The van der Waals surface area contributed by atoms with Crippen molar-refractivity contribution in [2.24, 2.45) is 11.1 Å². The molecule has 0 spiro atoms. The Morgan fingerprint density at radius 3 is 2.08 bits per heavy atom. The van der Waals surface area contributed by atoms with E-state index in [0.717, 1.165) is 5.75 Å². The molecule has 0 aliphatic rings. The zero-order valence-electron chi connectivity index (χ0n) is 9.37. The van der Waals surface area contributed by atoms with Crippen LogP contribution in [0.15, 0.2) is 0 Å². The van der Waals surface area contributed by atoms with Crippen LogP contribution < -0.4 is 5.73 Å². The van der Waals surface area contributed by atoms with E-state index in [0.29, 0.717) is 0 Å². The summed E-state index contributed by atoms with van der Waals surface area (Å²) in [5, 5.41) is 9.55. The molecule has 0 aliphatic heterocycles. The quantitative estimate of drug-likeness (QED) is 0.736. The predicted octanol–water partition coefficient (Wildman–Crippen LogP) is 1.86. The van der Waals surface area contributed by atoms with Gasteiger partial charge in [0.25, 0.3) is 0 Å². The Kier molecular flexibility index (Phi) is 5.33. The minimum Gasteiger partial charge on any atom is -0.392 e. The van der Waals surface area contributed by atoms with E-state index in [9.17, 15) is 5.11 Å². The number of hydrogen-bond acceptors (Lipinski definition) is 3. The van der Waals surface area contributed by atoms with Gasteiger partial charge in [0.2, 0.25) is 0 Å². The summed E-state index contributed by atoms with van der Waals surface area (Å²) in [6.45, 7) is 10.3. The van der Waals surface area contributed by atoms with Crippen LogP contribution in [0.5, 0.6) is 0 Å². The van der Waals surface area contributed by atoms with Gasteiger partial charge in [-0.05, 0) is 12.3 Å². The average molecular weight is 205 g/mol. The van der Waals surface area contributed by atoms with Crippen molar-refractivity contribution in [1.82, 2.24) is 0 Å². The topological polar surface area (TPSA) is 46.2 Å². The van der Waals surface area contributed by atoms with Gasteiger partial charge in [0.15, 0.2) is 0 Å². The third-order valence-electron chi connectivity index (χ3n) is 2.33. The first-order valence-electron chi connectivity index (χ1n) is 4.80. The molecule has 0 bridgehead atoms. The monoisotopic (exact) mass is 205 g/mol. The van der Waals surface area contributed by atoms with E-state index in [2.05, 4.69) is 20.8 Å². The minimum absolute atomic E-state index is 0.158. The highest BCUT2D eigenvalue weighted by Gasteiger charge is 2.21. The molecule has 0 aromatic carbocycles. The first-order valence-corrected chi connectivity index (χ1v) is 5.85. The predicted molar refractivity (Wildman–Crippen MR) is 61.0 cm³/mol. The maximum atomic E-state index is 9.27. The Hall–Kier alpha value is 0.270. The van der Waals surface area contributed by atoms with Gasteiger partial charge in [-0.15, -0.1) is 0 Å². The van der Waals surface area contributed by atoms with E-state index >= 15 is 0 Å². The fourth-order valence-corrected chi connectivity index (χ4v) is 1.93. The Morgan fingerprint density at radius 2 is 1.77 bits per heavy atom. The van der Waals surface area contributed by atoms with Crippen LogP contribution in [-0.2, 0) is 0 Å². The van der Waals surface area contributed by atoms with Crippen LogP contribution in [0.1, 0.15) is 34.6 Å². The molecule has 0 amide bonds. The fraction of sp³-hybridized carbons (Fsp3) is 1.00. The summed E-state index contributed by atoms with van der Waals surface area (Å²) in [6.07, 6.45) is -0.253. The molecule has 0 fully saturated rings. The van der Waals surface area contributed by atoms with E-state index in [1.54, 1.807) is 11.8 Å². The van der Waals surface area contributed by atoms with Gasteiger partial charge in [-0.25, -0.2) is 0 Å². The minimum atomic E-state index is -0.253. The number of nitrogens with two attached hydrogens (primary N) is 1. The van der Waals surface area contributed by atoms with Crippen LogP contribution in [-0.4, -0.2) is 28.3 Å². The molecule has 0 heterocycles. The highest BCUT2D eigenvalue weighted by atomic mass is 32.2. The van der Waals surface area contributed by atoms with Crippen LogP contribution in [0.3, 0.4) is 0 Å². The maximum Gasteiger partial charge on any atom is 0.0628 e. The Bertz CT molecular complexity index is 142. The first-order chi connectivity index (χ1) is 5.75. The maximum absolute atomic E-state index is 9.27. The highest BCUT2D eigenvalue weighted by Crippen LogP contribution is 2.23. The number of thioether (sulfide) groups is 1. The van der Waals surface area contributed by atoms with Gasteiger partial charge in [0, 0.05) is 17.0 Å². The van der Waals surface area contributed by atoms with E-state index in [1.807, 2.05) is 13.8 Å². The standard InChI is InChI=1S/C10H23NOS/c1-7(12)8(2)13-6-9(11)10(3,4)5/h7-9,12H,6,11H2,1-5H3. The van der Waals surface area contributed by atoms with Gasteiger partial charge in [0.05, 0.1) is 6.10 Å². The molecule has 13 heavy (non-hydrogen) atoms. The Balaban J connectivity index is 3.77. The summed E-state index contributed by atoms with van der Waals surface area (Å²) < 4.78 is 0. The molecule has 0 saturated carbocycles. The van der Waals surface area contributed by atoms with Gasteiger partial charge in [-0.3, -0.25) is 0 Å². The zero-order chi connectivity index (χ0) is 10.6. The van der Waals surface area contributed by atoms with Crippen molar-refractivity contribution in [3.05, 3.63) is 0 Å². The van der Waals surface area contributed by atoms with E-state index in [4.69, 9.17) is 5.73 Å². The third-order valence-corrected chi connectivity index (χ3v) is 3.80. The summed E-state index contributed by atoms with van der Waals surface area (Å²) in [4.78, 5) is 0. The normalized spacial score (nSPS) is 19.6. The van der Waals surface area contributed by atoms with Crippen molar-refractivity contribution in [2.45, 2.75) is 52.0 Å². The van der Waals surface area contributed by atoms with Crippen molar-refractivity contribution in [2.75, 3.05) is 5.75 Å². The van der Waals surface area contributed by atoms with Crippen LogP contribution >= 0.6 is 11.8 Å². The molecule has 0 saturated heterocycles. The number of rotatable bonds is 4. The van der Waals surface area contributed by atoms with Crippen molar-refractivity contribution in [3.63, 3.8) is 0 Å². The fourth-order valence-electron chi connectivity index (χ4n) is 0.645. The van der Waals surface area contributed by atoms with Crippen molar-refractivity contribution in [3.8, 4) is 0 Å². The largest absolute Gasteiger partial charge is 0.392 e. The van der Waals surface area contributed by atoms with Gasteiger partial charge >= 0.3 is 0 Å². The molecular formula is C10H23NOS. The number of aliphatic hydroxyl groups excluding tert-OH is 1. The second-order valence-corrected chi connectivity index (χ2v) is 6.16. The van der Waals surface area contributed by atoms with E-state index in [1.165, 1.54) is 0 Å². The molecule has 0 aromatic heterocycles. The highest BCUT2D eigenvalue weighted by molar-refractivity contribution is 7.99. The van der Waals surface area contributed by atoms with Crippen LogP contribution in [0.25, 0.3) is 0 Å². The lowest BCUT2D eigenvalue weighted by atomic mass is 9.89. The molecule has 3 N–H and O–H groups in total. The molecule has 3 atom stereocenters. The molecule has 3 unspecified atom stereocenters. The lowest BCUT2D eigenvalue weighted by molar-refractivity contribution is 0.196. The molecule has 0 aliphatic carbocycles. The molecule has 0 radical (unpaired) electrons. The lowest BCUT2D eigenvalue weighted by Gasteiger charge is -2.28. The molecule has 0 rings (SSSR count). The Labute approximate surface area is 86.3 Å². The van der Waals surface area contributed by atoms with Gasteiger partial charge in [0.1, 0.15) is 0 Å². The van der Waals surface area contributed by atoms with Crippen molar-refractivity contribution < 1.29 is 5.11 Å². The Morgan fingerprint density at radius 1 is 1.31 bits per heavy atom. The summed E-state index contributed by atoms with van der Waals surface area (Å²) in [5.74, 6) is 0.912. The molecule has 0 aromatic rings. The second-order valence-electron chi connectivity index (χ2n) is 4.75.